The van der Waals surface area contributed by atoms with Gasteiger partial charge < -0.3 is 9.64 Å². The Morgan fingerprint density at radius 1 is 0.839 bits per heavy atom. The van der Waals surface area contributed by atoms with E-state index in [1.807, 2.05) is 49.4 Å². The summed E-state index contributed by atoms with van der Waals surface area (Å²) in [4.78, 5) is 14.8. The van der Waals surface area contributed by atoms with E-state index in [4.69, 9.17) is 4.74 Å². The third-order valence-electron chi connectivity index (χ3n) is 5.30. The van der Waals surface area contributed by atoms with Crippen molar-refractivity contribution in [2.24, 2.45) is 0 Å². The van der Waals surface area contributed by atoms with Gasteiger partial charge in [0.05, 0.1) is 10.5 Å². The second-order valence-corrected chi connectivity index (χ2v) is 9.40. The van der Waals surface area contributed by atoms with Crippen LogP contribution < -0.4 is 9.64 Å². The molecule has 0 radical (unpaired) electrons. The maximum Gasteiger partial charge on any atom is 0.343 e. The molecule has 0 unspecified atom stereocenters. The maximum atomic E-state index is 13.2. The van der Waals surface area contributed by atoms with Gasteiger partial charge in [-0.15, -0.1) is 0 Å². The first-order valence-corrected chi connectivity index (χ1v) is 11.6. The van der Waals surface area contributed by atoms with Crippen molar-refractivity contribution in [3.8, 4) is 5.75 Å². The van der Waals surface area contributed by atoms with Crippen LogP contribution in [-0.4, -0.2) is 44.9 Å². The van der Waals surface area contributed by atoms with E-state index < -0.39 is 16.0 Å². The number of carbonyl (C=O) groups excluding carboxylic acids is 1. The van der Waals surface area contributed by atoms with Crippen LogP contribution in [0.1, 0.15) is 15.9 Å². The first-order chi connectivity index (χ1) is 14.9. The summed E-state index contributed by atoms with van der Waals surface area (Å²) in [5.41, 5.74) is 2.34. The van der Waals surface area contributed by atoms with Gasteiger partial charge in [-0.05, 0) is 49.4 Å². The van der Waals surface area contributed by atoms with E-state index in [2.05, 4.69) is 4.90 Å². The number of aryl methyl sites for hydroxylation is 1. The minimum absolute atomic E-state index is 0.0963. The van der Waals surface area contributed by atoms with Gasteiger partial charge in [-0.2, -0.15) is 4.31 Å². The molecule has 0 spiro atoms. The summed E-state index contributed by atoms with van der Waals surface area (Å²) in [6, 6.07) is 23.1. The molecule has 6 nitrogen and oxygen atoms in total. The lowest BCUT2D eigenvalue weighted by molar-refractivity contribution is 0.0734. The Kier molecular flexibility index (Phi) is 6.06. The summed E-state index contributed by atoms with van der Waals surface area (Å²) in [5, 5.41) is 0. The van der Waals surface area contributed by atoms with Crippen molar-refractivity contribution in [1.82, 2.24) is 4.31 Å². The number of piperazine rings is 1. The van der Waals surface area contributed by atoms with Gasteiger partial charge >= 0.3 is 5.97 Å². The van der Waals surface area contributed by atoms with E-state index in [-0.39, 0.29) is 10.5 Å². The number of hydrogen-bond donors (Lipinski definition) is 0. The van der Waals surface area contributed by atoms with Crippen LogP contribution in [0.25, 0.3) is 0 Å². The van der Waals surface area contributed by atoms with Gasteiger partial charge in [0.2, 0.25) is 10.0 Å². The fraction of sp³-hybridized carbons (Fsp3) is 0.208. The Morgan fingerprint density at radius 3 is 2.19 bits per heavy atom. The Hall–Kier alpha value is -3.16. The highest BCUT2D eigenvalue weighted by Gasteiger charge is 2.29. The standard InChI is InChI=1S/C24H24N2O4S/c1-19-10-12-22(13-11-19)30-24(27)20-6-5-9-23(18-20)31(28,29)26-16-14-25(15-17-26)21-7-3-2-4-8-21/h2-13,18H,14-17H2,1H3. The summed E-state index contributed by atoms with van der Waals surface area (Å²) in [5.74, 6) is -0.171. The van der Waals surface area contributed by atoms with Gasteiger partial charge in [-0.3, -0.25) is 0 Å². The SMILES string of the molecule is Cc1ccc(OC(=O)c2cccc(S(=O)(=O)N3CCN(c4ccccc4)CC3)c2)cc1. The van der Waals surface area contributed by atoms with E-state index in [0.29, 0.717) is 31.9 Å². The number of esters is 1. The van der Waals surface area contributed by atoms with Crippen LogP contribution in [0.2, 0.25) is 0 Å². The molecule has 3 aromatic rings. The van der Waals surface area contributed by atoms with Crippen LogP contribution in [0.3, 0.4) is 0 Å². The van der Waals surface area contributed by atoms with Crippen LogP contribution in [-0.2, 0) is 10.0 Å². The number of anilines is 1. The topological polar surface area (TPSA) is 66.9 Å². The number of para-hydroxylation sites is 1. The smallest absolute Gasteiger partial charge is 0.343 e. The third kappa shape index (κ3) is 4.78. The predicted molar refractivity (Wildman–Crippen MR) is 120 cm³/mol. The maximum absolute atomic E-state index is 13.2. The van der Waals surface area contributed by atoms with Crippen molar-refractivity contribution < 1.29 is 17.9 Å². The second kappa shape index (κ2) is 8.91. The van der Waals surface area contributed by atoms with Crippen molar-refractivity contribution in [1.29, 1.82) is 0 Å². The molecule has 0 bridgehead atoms. The first kappa shape index (κ1) is 21.1. The van der Waals surface area contributed by atoms with E-state index in [1.54, 1.807) is 24.3 Å². The van der Waals surface area contributed by atoms with Crippen molar-refractivity contribution in [2.75, 3.05) is 31.1 Å². The van der Waals surface area contributed by atoms with Gasteiger partial charge in [0, 0.05) is 31.9 Å². The molecule has 31 heavy (non-hydrogen) atoms. The van der Waals surface area contributed by atoms with Gasteiger partial charge in [-0.1, -0.05) is 42.0 Å². The van der Waals surface area contributed by atoms with Gasteiger partial charge in [0.15, 0.2) is 0 Å². The molecule has 1 saturated heterocycles. The summed E-state index contributed by atoms with van der Waals surface area (Å²) in [6.07, 6.45) is 0. The number of sulfonamides is 1. The summed E-state index contributed by atoms with van der Waals surface area (Å²) >= 11 is 0. The molecule has 1 heterocycles. The highest BCUT2D eigenvalue weighted by atomic mass is 32.2. The van der Waals surface area contributed by atoms with E-state index >= 15 is 0 Å². The molecule has 3 aromatic carbocycles. The van der Waals surface area contributed by atoms with Gasteiger partial charge in [0.25, 0.3) is 0 Å². The minimum Gasteiger partial charge on any atom is -0.423 e. The third-order valence-corrected chi connectivity index (χ3v) is 7.19. The van der Waals surface area contributed by atoms with Crippen molar-refractivity contribution in [2.45, 2.75) is 11.8 Å². The summed E-state index contributed by atoms with van der Waals surface area (Å²) in [6.45, 7) is 3.93. The summed E-state index contributed by atoms with van der Waals surface area (Å²) < 4.78 is 33.2. The average molecular weight is 437 g/mol. The molecule has 0 aromatic heterocycles. The number of hydrogen-bond acceptors (Lipinski definition) is 5. The fourth-order valence-corrected chi connectivity index (χ4v) is 5.00. The predicted octanol–water partition coefficient (Wildman–Crippen LogP) is 3.73. The van der Waals surface area contributed by atoms with E-state index in [1.165, 1.54) is 16.4 Å². The highest BCUT2D eigenvalue weighted by Crippen LogP contribution is 2.22. The molecule has 1 aliphatic rings. The zero-order valence-electron chi connectivity index (χ0n) is 17.3. The van der Waals surface area contributed by atoms with E-state index in [9.17, 15) is 13.2 Å². The lowest BCUT2D eigenvalue weighted by atomic mass is 10.2. The van der Waals surface area contributed by atoms with Crippen LogP contribution in [0.15, 0.2) is 83.8 Å². The normalized spacial score (nSPS) is 14.9. The Labute approximate surface area is 182 Å². The Bertz CT molecular complexity index is 1150. The molecule has 4 rings (SSSR count). The molecule has 1 fully saturated rings. The first-order valence-electron chi connectivity index (χ1n) is 10.1. The van der Waals surface area contributed by atoms with Gasteiger partial charge in [-0.25, -0.2) is 13.2 Å². The molecule has 0 aliphatic carbocycles. The lowest BCUT2D eigenvalue weighted by Gasteiger charge is -2.35. The fourth-order valence-electron chi connectivity index (χ4n) is 3.53. The molecule has 7 heteroatoms. The Balaban J connectivity index is 1.46. The van der Waals surface area contributed by atoms with Gasteiger partial charge in [0.1, 0.15) is 5.75 Å². The van der Waals surface area contributed by atoms with Crippen molar-refractivity contribution in [3.05, 3.63) is 90.0 Å². The van der Waals surface area contributed by atoms with E-state index in [0.717, 1.165) is 11.3 Å². The summed E-state index contributed by atoms with van der Waals surface area (Å²) in [7, 11) is -3.70. The van der Waals surface area contributed by atoms with Crippen LogP contribution in [0, 0.1) is 6.92 Å². The van der Waals surface area contributed by atoms with Crippen LogP contribution in [0.4, 0.5) is 5.69 Å². The number of ether oxygens (including phenoxy) is 1. The second-order valence-electron chi connectivity index (χ2n) is 7.46. The van der Waals surface area contributed by atoms with Crippen LogP contribution >= 0.6 is 0 Å². The zero-order valence-corrected chi connectivity index (χ0v) is 18.1. The number of rotatable bonds is 5. The molecular formula is C24H24N2O4S. The zero-order chi connectivity index (χ0) is 21.8. The lowest BCUT2D eigenvalue weighted by Crippen LogP contribution is -2.48. The number of benzene rings is 3. The number of nitrogens with zero attached hydrogens (tertiary/aromatic N) is 2. The molecule has 0 amide bonds. The Morgan fingerprint density at radius 2 is 1.52 bits per heavy atom. The highest BCUT2D eigenvalue weighted by molar-refractivity contribution is 7.89. The minimum atomic E-state index is -3.70. The molecule has 0 atom stereocenters. The quantitative estimate of drug-likeness (QED) is 0.450. The molecular weight excluding hydrogens is 412 g/mol. The molecule has 0 saturated carbocycles. The number of carbonyl (C=O) groups is 1. The van der Waals surface area contributed by atoms with Crippen molar-refractivity contribution in [3.63, 3.8) is 0 Å². The molecule has 160 valence electrons. The van der Waals surface area contributed by atoms with Crippen molar-refractivity contribution >= 4 is 21.7 Å². The molecule has 0 N–H and O–H groups in total. The van der Waals surface area contributed by atoms with Crippen LogP contribution in [0.5, 0.6) is 5.75 Å². The monoisotopic (exact) mass is 436 g/mol. The largest absolute Gasteiger partial charge is 0.423 e. The molecule has 1 aliphatic heterocycles. The average Bonchev–Trinajstić information content (AvgIpc) is 2.81.